The number of hydrogen-bond acceptors (Lipinski definition) is 2. The second-order valence-electron chi connectivity index (χ2n) is 4.28. The van der Waals surface area contributed by atoms with E-state index in [1.54, 1.807) is 0 Å². The predicted molar refractivity (Wildman–Crippen MR) is 45.6 cm³/mol. The second-order valence-corrected chi connectivity index (χ2v) is 4.28. The molecule has 0 amide bonds. The molecule has 3 unspecified atom stereocenters. The fraction of sp³-hybridized carbons (Fsp3) is 0.900. The Morgan fingerprint density at radius 2 is 2.50 bits per heavy atom. The molecule has 2 saturated carbocycles. The standard InChI is InChI=1S/C10H16O2/c1-2-10-4-3-8(6-10)5-9(10)12-7-11/h7-9H,2-6H2,1H3. The molecule has 0 aromatic heterocycles. The third-order valence-electron chi connectivity index (χ3n) is 3.90. The van der Waals surface area contributed by atoms with Crippen molar-refractivity contribution in [1.82, 2.24) is 0 Å². The maximum atomic E-state index is 10.3. The van der Waals surface area contributed by atoms with Gasteiger partial charge in [-0.3, -0.25) is 4.79 Å². The van der Waals surface area contributed by atoms with Crippen LogP contribution in [0.3, 0.4) is 0 Å². The number of carbonyl (C=O) groups excluding carboxylic acids is 1. The lowest BCUT2D eigenvalue weighted by Gasteiger charge is -2.32. The van der Waals surface area contributed by atoms with E-state index in [9.17, 15) is 4.79 Å². The Morgan fingerprint density at radius 1 is 1.67 bits per heavy atom. The van der Waals surface area contributed by atoms with Crippen molar-refractivity contribution < 1.29 is 9.53 Å². The third-order valence-corrected chi connectivity index (χ3v) is 3.90. The molecule has 2 fully saturated rings. The van der Waals surface area contributed by atoms with Crippen LogP contribution in [0.15, 0.2) is 0 Å². The molecule has 0 N–H and O–H groups in total. The Labute approximate surface area is 73.3 Å². The van der Waals surface area contributed by atoms with E-state index in [1.165, 1.54) is 25.7 Å². The third kappa shape index (κ3) is 0.970. The van der Waals surface area contributed by atoms with Crippen LogP contribution in [0.1, 0.15) is 39.0 Å². The topological polar surface area (TPSA) is 26.3 Å². The van der Waals surface area contributed by atoms with Crippen molar-refractivity contribution >= 4 is 6.47 Å². The quantitative estimate of drug-likeness (QED) is 0.603. The minimum atomic E-state index is 0.235. The van der Waals surface area contributed by atoms with Gasteiger partial charge in [0.1, 0.15) is 6.10 Å². The van der Waals surface area contributed by atoms with E-state index in [0.717, 1.165) is 12.3 Å². The van der Waals surface area contributed by atoms with E-state index in [2.05, 4.69) is 6.92 Å². The summed E-state index contributed by atoms with van der Waals surface area (Å²) in [6.07, 6.45) is 6.44. The van der Waals surface area contributed by atoms with Crippen molar-refractivity contribution in [2.75, 3.05) is 0 Å². The van der Waals surface area contributed by atoms with Crippen molar-refractivity contribution in [2.45, 2.75) is 45.1 Å². The summed E-state index contributed by atoms with van der Waals surface area (Å²) in [5.41, 5.74) is 0.367. The molecule has 2 aliphatic carbocycles. The number of carbonyl (C=O) groups is 1. The molecule has 0 heterocycles. The van der Waals surface area contributed by atoms with Crippen LogP contribution in [0.25, 0.3) is 0 Å². The summed E-state index contributed by atoms with van der Waals surface area (Å²) in [6, 6.07) is 0. The minimum Gasteiger partial charge on any atom is -0.464 e. The van der Waals surface area contributed by atoms with Gasteiger partial charge in [0.15, 0.2) is 0 Å². The molecule has 0 spiro atoms. The van der Waals surface area contributed by atoms with Gasteiger partial charge in [-0.25, -0.2) is 0 Å². The van der Waals surface area contributed by atoms with Crippen LogP contribution in [0.4, 0.5) is 0 Å². The number of fused-ring (bicyclic) bond motifs is 2. The Balaban J connectivity index is 2.11. The summed E-state index contributed by atoms with van der Waals surface area (Å²) in [7, 11) is 0. The summed E-state index contributed by atoms with van der Waals surface area (Å²) in [4.78, 5) is 10.3. The number of ether oxygens (including phenoxy) is 1. The zero-order valence-corrected chi connectivity index (χ0v) is 7.58. The highest BCUT2D eigenvalue weighted by molar-refractivity contribution is 5.38. The minimum absolute atomic E-state index is 0.235. The average Bonchev–Trinajstić information content (AvgIpc) is 2.62. The molecule has 2 aliphatic rings. The molecule has 0 aromatic rings. The van der Waals surface area contributed by atoms with Crippen LogP contribution in [0, 0.1) is 11.3 Å². The smallest absolute Gasteiger partial charge is 0.293 e. The van der Waals surface area contributed by atoms with Gasteiger partial charge in [-0.05, 0) is 38.0 Å². The van der Waals surface area contributed by atoms with E-state index in [0.29, 0.717) is 11.9 Å². The second kappa shape index (κ2) is 2.75. The van der Waals surface area contributed by atoms with Gasteiger partial charge in [0.05, 0.1) is 0 Å². The summed E-state index contributed by atoms with van der Waals surface area (Å²) < 4.78 is 5.15. The van der Waals surface area contributed by atoms with Crippen molar-refractivity contribution in [1.29, 1.82) is 0 Å². The molecule has 2 bridgehead atoms. The van der Waals surface area contributed by atoms with Gasteiger partial charge < -0.3 is 4.74 Å². The first kappa shape index (κ1) is 8.09. The van der Waals surface area contributed by atoms with Crippen molar-refractivity contribution in [3.63, 3.8) is 0 Å². The Morgan fingerprint density at radius 3 is 3.08 bits per heavy atom. The number of rotatable bonds is 3. The fourth-order valence-electron chi connectivity index (χ4n) is 3.13. The van der Waals surface area contributed by atoms with Crippen LogP contribution in [0.2, 0.25) is 0 Å². The van der Waals surface area contributed by atoms with Crippen molar-refractivity contribution in [3.8, 4) is 0 Å². The van der Waals surface area contributed by atoms with Gasteiger partial charge in [0.2, 0.25) is 0 Å². The van der Waals surface area contributed by atoms with Crippen LogP contribution in [0.5, 0.6) is 0 Å². The van der Waals surface area contributed by atoms with E-state index >= 15 is 0 Å². The van der Waals surface area contributed by atoms with Crippen molar-refractivity contribution in [3.05, 3.63) is 0 Å². The van der Waals surface area contributed by atoms with Crippen LogP contribution >= 0.6 is 0 Å². The van der Waals surface area contributed by atoms with E-state index in [1.807, 2.05) is 0 Å². The van der Waals surface area contributed by atoms with Gasteiger partial charge in [-0.2, -0.15) is 0 Å². The van der Waals surface area contributed by atoms with Crippen LogP contribution < -0.4 is 0 Å². The molecule has 0 radical (unpaired) electrons. The Hall–Kier alpha value is -0.530. The zero-order chi connectivity index (χ0) is 8.60. The molecular weight excluding hydrogens is 152 g/mol. The molecule has 2 nitrogen and oxygen atoms in total. The maximum Gasteiger partial charge on any atom is 0.293 e. The normalized spacial score (nSPS) is 44.8. The van der Waals surface area contributed by atoms with Gasteiger partial charge in [0, 0.05) is 5.41 Å². The molecule has 2 rings (SSSR count). The lowest BCUT2D eigenvalue weighted by Crippen LogP contribution is -2.31. The molecule has 0 aliphatic heterocycles. The first-order valence-corrected chi connectivity index (χ1v) is 4.90. The van der Waals surface area contributed by atoms with Gasteiger partial charge in [0.25, 0.3) is 6.47 Å². The zero-order valence-electron chi connectivity index (χ0n) is 7.58. The summed E-state index contributed by atoms with van der Waals surface area (Å²) in [5.74, 6) is 0.842. The average molecular weight is 168 g/mol. The molecule has 0 saturated heterocycles. The summed E-state index contributed by atoms with van der Waals surface area (Å²) >= 11 is 0. The van der Waals surface area contributed by atoms with E-state index < -0.39 is 0 Å². The van der Waals surface area contributed by atoms with Crippen LogP contribution in [-0.2, 0) is 9.53 Å². The Bertz CT molecular complexity index is 190. The molecule has 2 heteroatoms. The summed E-state index contributed by atoms with van der Waals surface area (Å²) in [5, 5.41) is 0. The predicted octanol–water partition coefficient (Wildman–Crippen LogP) is 2.13. The monoisotopic (exact) mass is 168 g/mol. The largest absolute Gasteiger partial charge is 0.464 e. The summed E-state index contributed by atoms with van der Waals surface area (Å²) in [6.45, 7) is 2.84. The lowest BCUT2D eigenvalue weighted by atomic mass is 9.79. The molecule has 68 valence electrons. The van der Waals surface area contributed by atoms with Crippen LogP contribution in [-0.4, -0.2) is 12.6 Å². The van der Waals surface area contributed by atoms with Gasteiger partial charge in [-0.15, -0.1) is 0 Å². The number of hydrogen-bond donors (Lipinski definition) is 0. The highest BCUT2D eigenvalue weighted by Gasteiger charge is 2.51. The van der Waals surface area contributed by atoms with Gasteiger partial charge >= 0.3 is 0 Å². The van der Waals surface area contributed by atoms with E-state index in [-0.39, 0.29) is 6.10 Å². The molecular formula is C10H16O2. The highest BCUT2D eigenvalue weighted by atomic mass is 16.5. The fourth-order valence-corrected chi connectivity index (χ4v) is 3.13. The molecule has 12 heavy (non-hydrogen) atoms. The highest BCUT2D eigenvalue weighted by Crippen LogP contribution is 2.56. The first-order chi connectivity index (χ1) is 5.80. The van der Waals surface area contributed by atoms with Gasteiger partial charge in [-0.1, -0.05) is 6.92 Å². The molecule has 3 atom stereocenters. The van der Waals surface area contributed by atoms with E-state index in [4.69, 9.17) is 4.74 Å². The Kier molecular flexibility index (Phi) is 1.85. The maximum absolute atomic E-state index is 10.3. The first-order valence-electron chi connectivity index (χ1n) is 4.90. The van der Waals surface area contributed by atoms with Crippen molar-refractivity contribution in [2.24, 2.45) is 11.3 Å². The molecule has 0 aromatic carbocycles. The SMILES string of the molecule is CCC12CCC(CC1OC=O)C2. The lowest BCUT2D eigenvalue weighted by molar-refractivity contribution is -0.139.